The fraction of sp³-hybridized carbons (Fsp3) is 0.0500. The number of aromatic nitrogens is 1. The van der Waals surface area contributed by atoms with E-state index in [0.717, 1.165) is 16.8 Å². The quantitative estimate of drug-likeness (QED) is 0.632. The Morgan fingerprint density at radius 3 is 2.38 bits per heavy atom. The minimum Gasteiger partial charge on any atom is -0.235 e. The van der Waals surface area contributed by atoms with Crippen LogP contribution in [0.5, 0.6) is 0 Å². The summed E-state index contributed by atoms with van der Waals surface area (Å²) in [6, 6.07) is 19.6. The largest absolute Gasteiger partial charge is 0.235 e. The maximum Gasteiger partial charge on any atom is 0.134 e. The van der Waals surface area contributed by atoms with Crippen LogP contribution in [-0.4, -0.2) is 4.98 Å². The highest BCUT2D eigenvalue weighted by atomic mass is 32.1. The average molecular weight is 327 g/mol. The molecule has 3 rings (SSSR count). The maximum atomic E-state index is 9.45. The zero-order chi connectivity index (χ0) is 16.9. The molecule has 0 amide bonds. The first-order valence-corrected chi connectivity index (χ1v) is 8.22. The molecule has 2 aromatic carbocycles. The second-order valence-electron chi connectivity index (χ2n) is 5.31. The molecule has 3 aromatic rings. The van der Waals surface area contributed by atoms with Crippen molar-refractivity contribution in [2.24, 2.45) is 0 Å². The van der Waals surface area contributed by atoms with Gasteiger partial charge in [0.15, 0.2) is 0 Å². The number of hydrogen-bond acceptors (Lipinski definition) is 4. The molecular formula is C20H13N3S. The number of benzene rings is 2. The van der Waals surface area contributed by atoms with E-state index in [1.165, 1.54) is 16.9 Å². The summed E-state index contributed by atoms with van der Waals surface area (Å²) in [6.07, 6.45) is 1.79. The van der Waals surface area contributed by atoms with E-state index in [1.807, 2.05) is 48.7 Å². The van der Waals surface area contributed by atoms with Crippen LogP contribution in [0.25, 0.3) is 22.9 Å². The normalized spacial score (nSPS) is 10.9. The van der Waals surface area contributed by atoms with Crippen molar-refractivity contribution in [1.29, 1.82) is 10.5 Å². The Morgan fingerprint density at radius 2 is 1.75 bits per heavy atom. The Labute approximate surface area is 144 Å². The highest BCUT2D eigenvalue weighted by Gasteiger charge is 2.09. The van der Waals surface area contributed by atoms with Crippen LogP contribution in [0.1, 0.15) is 21.7 Å². The maximum absolute atomic E-state index is 9.45. The number of aryl methyl sites for hydroxylation is 1. The van der Waals surface area contributed by atoms with Crippen LogP contribution in [0.2, 0.25) is 0 Å². The molecule has 0 N–H and O–H groups in total. The molecule has 1 aromatic heterocycles. The molecule has 1 heterocycles. The van der Waals surface area contributed by atoms with Gasteiger partial charge in [-0.1, -0.05) is 42.0 Å². The number of allylic oxidation sites excluding steroid dienone is 1. The molecule has 0 unspecified atom stereocenters. The third-order valence-electron chi connectivity index (χ3n) is 3.55. The summed E-state index contributed by atoms with van der Waals surface area (Å²) in [5, 5.41) is 20.9. The molecule has 3 nitrogen and oxygen atoms in total. The third kappa shape index (κ3) is 3.41. The van der Waals surface area contributed by atoms with Crippen molar-refractivity contribution >= 4 is 23.0 Å². The van der Waals surface area contributed by atoms with Gasteiger partial charge in [0.05, 0.1) is 22.9 Å². The first-order chi connectivity index (χ1) is 11.7. The Bertz CT molecular complexity index is 965. The predicted molar refractivity (Wildman–Crippen MR) is 96.9 cm³/mol. The van der Waals surface area contributed by atoms with Gasteiger partial charge in [-0.15, -0.1) is 11.3 Å². The first kappa shape index (κ1) is 15.7. The number of nitriles is 2. The minimum atomic E-state index is 0.517. The van der Waals surface area contributed by atoms with Crippen molar-refractivity contribution in [3.05, 3.63) is 75.6 Å². The molecule has 0 aliphatic carbocycles. The SMILES string of the molecule is Cc1ccc(-c2csc(/C(C#N)=C/c3ccc(C#N)cc3)n2)cc1. The van der Waals surface area contributed by atoms with Crippen molar-refractivity contribution < 1.29 is 0 Å². The van der Waals surface area contributed by atoms with E-state index in [1.54, 1.807) is 18.2 Å². The monoisotopic (exact) mass is 327 g/mol. The van der Waals surface area contributed by atoms with E-state index in [-0.39, 0.29) is 0 Å². The van der Waals surface area contributed by atoms with Crippen molar-refractivity contribution in [3.63, 3.8) is 0 Å². The summed E-state index contributed by atoms with van der Waals surface area (Å²) in [4.78, 5) is 4.59. The zero-order valence-electron chi connectivity index (χ0n) is 13.0. The van der Waals surface area contributed by atoms with E-state index >= 15 is 0 Å². The number of rotatable bonds is 3. The molecule has 0 spiro atoms. The lowest BCUT2D eigenvalue weighted by Gasteiger charge is -1.98. The molecule has 114 valence electrons. The van der Waals surface area contributed by atoms with Gasteiger partial charge in [-0.05, 0) is 30.7 Å². The van der Waals surface area contributed by atoms with Gasteiger partial charge in [0.2, 0.25) is 0 Å². The highest BCUT2D eigenvalue weighted by Crippen LogP contribution is 2.27. The van der Waals surface area contributed by atoms with Crippen LogP contribution in [0, 0.1) is 29.6 Å². The molecule has 0 aliphatic heterocycles. The molecule has 0 aliphatic rings. The van der Waals surface area contributed by atoms with Crippen LogP contribution >= 0.6 is 11.3 Å². The molecule has 0 bridgehead atoms. The summed E-state index contributed by atoms with van der Waals surface area (Å²) in [6.45, 7) is 2.05. The molecule has 0 fully saturated rings. The van der Waals surface area contributed by atoms with Gasteiger partial charge >= 0.3 is 0 Å². The lowest BCUT2D eigenvalue weighted by Crippen LogP contribution is -1.83. The lowest BCUT2D eigenvalue weighted by molar-refractivity contribution is 1.36. The second kappa shape index (κ2) is 6.91. The fourth-order valence-corrected chi connectivity index (χ4v) is 3.01. The molecular weight excluding hydrogens is 314 g/mol. The second-order valence-corrected chi connectivity index (χ2v) is 6.17. The average Bonchev–Trinajstić information content (AvgIpc) is 3.10. The molecule has 0 atom stereocenters. The van der Waals surface area contributed by atoms with Crippen molar-refractivity contribution in [3.8, 4) is 23.4 Å². The van der Waals surface area contributed by atoms with Gasteiger partial charge in [0.1, 0.15) is 11.1 Å². The summed E-state index contributed by atoms with van der Waals surface area (Å²) in [7, 11) is 0. The predicted octanol–water partition coefficient (Wildman–Crippen LogP) is 5.05. The van der Waals surface area contributed by atoms with Crippen LogP contribution in [0.3, 0.4) is 0 Å². The zero-order valence-corrected chi connectivity index (χ0v) is 13.8. The third-order valence-corrected chi connectivity index (χ3v) is 4.43. The molecule has 4 heteroatoms. The molecule has 24 heavy (non-hydrogen) atoms. The molecule has 0 saturated carbocycles. The van der Waals surface area contributed by atoms with Gasteiger partial charge in [-0.25, -0.2) is 4.98 Å². The summed E-state index contributed by atoms with van der Waals surface area (Å²) in [5.74, 6) is 0. The lowest BCUT2D eigenvalue weighted by atomic mass is 10.1. The minimum absolute atomic E-state index is 0.517. The van der Waals surface area contributed by atoms with Crippen LogP contribution < -0.4 is 0 Å². The van der Waals surface area contributed by atoms with Gasteiger partial charge in [0.25, 0.3) is 0 Å². The van der Waals surface area contributed by atoms with Crippen molar-refractivity contribution in [2.45, 2.75) is 6.92 Å². The Kier molecular flexibility index (Phi) is 4.52. The Morgan fingerprint density at radius 1 is 1.04 bits per heavy atom. The topological polar surface area (TPSA) is 60.5 Å². The van der Waals surface area contributed by atoms with Crippen LogP contribution in [0.15, 0.2) is 53.9 Å². The van der Waals surface area contributed by atoms with Gasteiger partial charge in [-0.3, -0.25) is 0 Å². The summed E-state index contributed by atoms with van der Waals surface area (Å²) in [5.41, 5.74) is 5.10. The van der Waals surface area contributed by atoms with E-state index in [0.29, 0.717) is 16.1 Å². The highest BCUT2D eigenvalue weighted by molar-refractivity contribution is 7.11. The summed E-state index contributed by atoms with van der Waals surface area (Å²) >= 11 is 1.45. The molecule has 0 radical (unpaired) electrons. The number of hydrogen-bond donors (Lipinski definition) is 0. The number of thiazole rings is 1. The van der Waals surface area contributed by atoms with E-state index in [9.17, 15) is 5.26 Å². The number of nitrogens with zero attached hydrogens (tertiary/aromatic N) is 3. The van der Waals surface area contributed by atoms with E-state index < -0.39 is 0 Å². The first-order valence-electron chi connectivity index (χ1n) is 7.34. The van der Waals surface area contributed by atoms with Crippen LogP contribution in [-0.2, 0) is 0 Å². The Hall–Kier alpha value is -3.21. The van der Waals surface area contributed by atoms with E-state index in [4.69, 9.17) is 5.26 Å². The van der Waals surface area contributed by atoms with Crippen LogP contribution in [0.4, 0.5) is 0 Å². The van der Waals surface area contributed by atoms with Gasteiger partial charge in [0, 0.05) is 10.9 Å². The molecule has 0 saturated heterocycles. The Balaban J connectivity index is 1.91. The van der Waals surface area contributed by atoms with Crippen molar-refractivity contribution in [1.82, 2.24) is 4.98 Å². The van der Waals surface area contributed by atoms with E-state index in [2.05, 4.69) is 17.1 Å². The van der Waals surface area contributed by atoms with Gasteiger partial charge in [-0.2, -0.15) is 10.5 Å². The summed E-state index contributed by atoms with van der Waals surface area (Å²) < 4.78 is 0. The fourth-order valence-electron chi connectivity index (χ4n) is 2.22. The standard InChI is InChI=1S/C20H13N3S/c1-14-2-8-17(9-3-14)19-13-24-20(23-19)18(12-22)10-15-4-6-16(11-21)7-5-15/h2-10,13H,1H3/b18-10+. The smallest absolute Gasteiger partial charge is 0.134 e. The van der Waals surface area contributed by atoms with Crippen molar-refractivity contribution in [2.75, 3.05) is 0 Å². The van der Waals surface area contributed by atoms with Gasteiger partial charge < -0.3 is 0 Å².